The van der Waals surface area contributed by atoms with E-state index in [9.17, 15) is 14.0 Å². The Bertz CT molecular complexity index is 1320. The van der Waals surface area contributed by atoms with Crippen molar-refractivity contribution < 1.29 is 13.7 Å². The Hall–Kier alpha value is -4.32. The third kappa shape index (κ3) is 3.22. The number of nitrogens with zero attached hydrogens (tertiary/aromatic N) is 3. The molecule has 0 spiro atoms. The highest BCUT2D eigenvalue weighted by Gasteiger charge is 2.15. The minimum absolute atomic E-state index is 0.0736. The van der Waals surface area contributed by atoms with Crippen molar-refractivity contribution in [2.45, 2.75) is 0 Å². The van der Waals surface area contributed by atoms with E-state index in [2.05, 4.69) is 25.0 Å². The summed E-state index contributed by atoms with van der Waals surface area (Å²) in [5.74, 6) is -1.58. The fourth-order valence-corrected chi connectivity index (χ4v) is 2.68. The summed E-state index contributed by atoms with van der Waals surface area (Å²) >= 11 is 0. The third-order valence-corrected chi connectivity index (χ3v) is 4.00. The van der Waals surface area contributed by atoms with Crippen LogP contribution in [0.4, 0.5) is 10.1 Å². The van der Waals surface area contributed by atoms with Crippen molar-refractivity contribution in [3.8, 4) is 17.5 Å². The van der Waals surface area contributed by atoms with Gasteiger partial charge in [0, 0.05) is 23.2 Å². The van der Waals surface area contributed by atoms with E-state index in [1.807, 2.05) is 6.07 Å². The molecule has 1 amide bonds. The molecule has 8 nitrogen and oxygen atoms in total. The molecule has 2 heterocycles. The molecule has 136 valence electrons. The minimum atomic E-state index is -0.763. The first kappa shape index (κ1) is 17.1. The first-order valence-corrected chi connectivity index (χ1v) is 8.01. The van der Waals surface area contributed by atoms with Crippen molar-refractivity contribution in [1.82, 2.24) is 15.1 Å². The number of nitrogens with one attached hydrogen (secondary N) is 2. The lowest BCUT2D eigenvalue weighted by Gasteiger charge is -2.10. The molecular formula is C19H10FN5O3. The van der Waals surface area contributed by atoms with Crippen LogP contribution >= 0.6 is 0 Å². The van der Waals surface area contributed by atoms with Gasteiger partial charge in [-0.1, -0.05) is 5.16 Å². The van der Waals surface area contributed by atoms with E-state index in [1.165, 1.54) is 42.6 Å². The Balaban J connectivity index is 1.71. The van der Waals surface area contributed by atoms with Crippen molar-refractivity contribution in [3.63, 3.8) is 0 Å². The maximum atomic E-state index is 13.3. The molecule has 0 aliphatic heterocycles. The lowest BCUT2D eigenvalue weighted by atomic mass is 10.1. The molecule has 2 aromatic carbocycles. The number of halogens is 1. The second kappa shape index (κ2) is 6.77. The number of anilines is 1. The summed E-state index contributed by atoms with van der Waals surface area (Å²) in [7, 11) is 0. The van der Waals surface area contributed by atoms with Crippen LogP contribution in [0.3, 0.4) is 0 Å². The Morgan fingerprint density at radius 1 is 1.21 bits per heavy atom. The molecule has 28 heavy (non-hydrogen) atoms. The lowest BCUT2D eigenvalue weighted by Crippen LogP contribution is -2.13. The fraction of sp³-hybridized carbons (Fsp3) is 0. The number of benzene rings is 2. The zero-order chi connectivity index (χ0) is 19.7. The number of carbonyl (C=O) groups is 1. The van der Waals surface area contributed by atoms with E-state index in [-0.39, 0.29) is 11.4 Å². The average Bonchev–Trinajstić information content (AvgIpc) is 3.14. The van der Waals surface area contributed by atoms with Gasteiger partial charge in [-0.15, -0.1) is 0 Å². The number of H-pyrrole nitrogens is 1. The van der Waals surface area contributed by atoms with E-state index in [0.29, 0.717) is 27.7 Å². The summed E-state index contributed by atoms with van der Waals surface area (Å²) in [6.45, 7) is 0. The van der Waals surface area contributed by atoms with Gasteiger partial charge in [0.1, 0.15) is 5.82 Å². The third-order valence-electron chi connectivity index (χ3n) is 4.00. The first-order chi connectivity index (χ1) is 13.5. The zero-order valence-electron chi connectivity index (χ0n) is 14.1. The fourth-order valence-electron chi connectivity index (χ4n) is 2.68. The molecule has 4 aromatic rings. The summed E-state index contributed by atoms with van der Waals surface area (Å²) < 4.78 is 17.8. The predicted octanol–water partition coefficient (Wildman–Crippen LogP) is 2.84. The molecule has 0 radical (unpaired) electrons. The number of hydrogen-bond donors (Lipinski definition) is 2. The molecule has 0 unspecified atom stereocenters. The van der Waals surface area contributed by atoms with Crippen LogP contribution < -0.4 is 11.1 Å². The van der Waals surface area contributed by atoms with Crippen molar-refractivity contribution in [2.24, 2.45) is 0 Å². The molecule has 2 aromatic heterocycles. The van der Waals surface area contributed by atoms with Crippen LogP contribution in [0.1, 0.15) is 15.9 Å². The van der Waals surface area contributed by atoms with Crippen LogP contribution in [0.15, 0.2) is 58.0 Å². The molecule has 0 bridgehead atoms. The molecule has 9 heteroatoms. The maximum absolute atomic E-state index is 13.3. The molecule has 0 fully saturated rings. The maximum Gasteiger partial charge on any atom is 0.439 e. The molecule has 2 N–H and O–H groups in total. The van der Waals surface area contributed by atoms with Crippen LogP contribution in [0.5, 0.6) is 0 Å². The Morgan fingerprint density at radius 2 is 2.07 bits per heavy atom. The zero-order valence-corrected chi connectivity index (χ0v) is 14.1. The highest BCUT2D eigenvalue weighted by Crippen LogP contribution is 2.26. The van der Waals surface area contributed by atoms with Crippen LogP contribution in [-0.4, -0.2) is 21.0 Å². The van der Waals surface area contributed by atoms with Gasteiger partial charge in [-0.25, -0.2) is 9.18 Å². The topological polar surface area (TPSA) is 125 Å². The second-order valence-corrected chi connectivity index (χ2v) is 5.83. The van der Waals surface area contributed by atoms with Gasteiger partial charge < -0.3 is 5.32 Å². The first-order valence-electron chi connectivity index (χ1n) is 8.01. The van der Waals surface area contributed by atoms with Crippen molar-refractivity contribution in [3.05, 3.63) is 76.2 Å². The number of amides is 1. The summed E-state index contributed by atoms with van der Waals surface area (Å²) in [5.41, 5.74) is 1.62. The molecule has 0 saturated carbocycles. The Morgan fingerprint density at radius 3 is 2.82 bits per heavy atom. The normalized spacial score (nSPS) is 10.6. The van der Waals surface area contributed by atoms with Crippen molar-refractivity contribution >= 4 is 22.5 Å². The molecule has 4 rings (SSSR count). The number of fused-ring (bicyclic) bond motifs is 1. The smallest absolute Gasteiger partial charge is 0.321 e. The Labute approximate surface area is 156 Å². The lowest BCUT2D eigenvalue weighted by molar-refractivity contribution is 0.102. The van der Waals surface area contributed by atoms with Gasteiger partial charge >= 0.3 is 5.76 Å². The number of hydrogen-bond acceptors (Lipinski definition) is 6. The van der Waals surface area contributed by atoms with Gasteiger partial charge in [-0.2, -0.15) is 5.26 Å². The number of aromatic nitrogens is 3. The van der Waals surface area contributed by atoms with Gasteiger partial charge in [0.2, 0.25) is 0 Å². The number of nitriles is 1. The Kier molecular flexibility index (Phi) is 4.14. The summed E-state index contributed by atoms with van der Waals surface area (Å²) in [5, 5.41) is 16.0. The minimum Gasteiger partial charge on any atom is -0.321 e. The van der Waals surface area contributed by atoms with Crippen LogP contribution in [0.25, 0.3) is 22.3 Å². The van der Waals surface area contributed by atoms with E-state index < -0.39 is 17.5 Å². The predicted molar refractivity (Wildman–Crippen MR) is 96.9 cm³/mol. The standard InChI is InChI=1S/C19H10FN5O3/c20-13-3-2-11-6-12(9-22-16(11)7-13)18(26)23-15-4-1-10(8-21)5-14(15)17-24-19(27)28-25-17/h1-7,9H,(H,23,26)(H,24,25,27). The van der Waals surface area contributed by atoms with E-state index in [1.54, 1.807) is 6.07 Å². The quantitative estimate of drug-likeness (QED) is 0.567. The van der Waals surface area contributed by atoms with Gasteiger partial charge in [0.25, 0.3) is 5.91 Å². The summed E-state index contributed by atoms with van der Waals surface area (Å²) in [6.07, 6.45) is 1.33. The molecule has 0 aliphatic rings. The monoisotopic (exact) mass is 375 g/mol. The van der Waals surface area contributed by atoms with Crippen LogP contribution in [0, 0.1) is 17.1 Å². The highest BCUT2D eigenvalue weighted by molar-refractivity contribution is 6.07. The summed E-state index contributed by atoms with van der Waals surface area (Å²) in [4.78, 5) is 30.4. The van der Waals surface area contributed by atoms with Gasteiger partial charge in [0.15, 0.2) is 5.82 Å². The molecule has 0 saturated heterocycles. The number of aromatic amines is 1. The molecule has 0 atom stereocenters. The molecular weight excluding hydrogens is 365 g/mol. The second-order valence-electron chi connectivity index (χ2n) is 5.83. The number of pyridine rings is 1. The SMILES string of the molecule is N#Cc1ccc(NC(=O)c2cnc3cc(F)ccc3c2)c(-c2noc(=O)[nH]2)c1. The average molecular weight is 375 g/mol. The number of rotatable bonds is 3. The van der Waals surface area contributed by atoms with E-state index >= 15 is 0 Å². The summed E-state index contributed by atoms with van der Waals surface area (Å²) in [6, 6.07) is 12.1. The van der Waals surface area contributed by atoms with Crippen molar-refractivity contribution in [1.29, 1.82) is 5.26 Å². The number of carbonyl (C=O) groups excluding carboxylic acids is 1. The molecule has 0 aliphatic carbocycles. The largest absolute Gasteiger partial charge is 0.439 e. The van der Waals surface area contributed by atoms with Gasteiger partial charge in [0.05, 0.1) is 28.4 Å². The van der Waals surface area contributed by atoms with E-state index in [0.717, 1.165) is 0 Å². The highest BCUT2D eigenvalue weighted by atomic mass is 19.1. The van der Waals surface area contributed by atoms with Crippen LogP contribution in [-0.2, 0) is 0 Å². The van der Waals surface area contributed by atoms with Gasteiger partial charge in [-0.3, -0.25) is 19.3 Å². The van der Waals surface area contributed by atoms with Crippen LogP contribution in [0.2, 0.25) is 0 Å². The van der Waals surface area contributed by atoms with Crippen molar-refractivity contribution in [2.75, 3.05) is 5.32 Å². The van der Waals surface area contributed by atoms with Gasteiger partial charge in [-0.05, 0) is 36.4 Å². The van der Waals surface area contributed by atoms with E-state index in [4.69, 9.17) is 5.26 Å².